The number of para-hydroxylation sites is 1. The molecular weight excluding hydrogens is 192 g/mol. The Hall–Kier alpha value is -1.35. The Morgan fingerprint density at radius 2 is 2.13 bits per heavy atom. The normalized spacial score (nSPS) is 23.5. The lowest BCUT2D eigenvalue weighted by Crippen LogP contribution is -2.17. The summed E-state index contributed by atoms with van der Waals surface area (Å²) in [4.78, 5) is 11.5. The zero-order valence-corrected chi connectivity index (χ0v) is 8.68. The number of hydrogen-bond acceptors (Lipinski definition) is 3. The van der Waals surface area contributed by atoms with Crippen LogP contribution in [0.15, 0.2) is 30.3 Å². The molecule has 0 spiro atoms. The van der Waals surface area contributed by atoms with Gasteiger partial charge in [0, 0.05) is 0 Å². The summed E-state index contributed by atoms with van der Waals surface area (Å²) in [5, 5.41) is 0. The van der Waals surface area contributed by atoms with Crippen LogP contribution in [0.2, 0.25) is 0 Å². The number of ether oxygens (including phenoxy) is 2. The van der Waals surface area contributed by atoms with Gasteiger partial charge in [0.1, 0.15) is 5.75 Å². The molecule has 1 aromatic rings. The van der Waals surface area contributed by atoms with E-state index in [2.05, 4.69) is 6.92 Å². The molecule has 0 saturated carbocycles. The van der Waals surface area contributed by atoms with E-state index in [9.17, 15) is 4.79 Å². The van der Waals surface area contributed by atoms with Gasteiger partial charge in [0.05, 0.1) is 6.10 Å². The summed E-state index contributed by atoms with van der Waals surface area (Å²) < 4.78 is 10.4. The van der Waals surface area contributed by atoms with Crippen molar-refractivity contribution in [3.63, 3.8) is 0 Å². The third kappa shape index (κ3) is 2.57. The monoisotopic (exact) mass is 206 g/mol. The molecule has 1 aliphatic rings. The topological polar surface area (TPSA) is 38.8 Å². The molecule has 1 aliphatic heterocycles. The van der Waals surface area contributed by atoms with E-state index in [0.717, 1.165) is 12.8 Å². The van der Waals surface area contributed by atoms with Crippen molar-refractivity contribution in [2.45, 2.75) is 32.0 Å². The molecule has 1 saturated heterocycles. The lowest BCUT2D eigenvalue weighted by atomic mass is 10.2. The molecule has 0 aromatic heterocycles. The van der Waals surface area contributed by atoms with Gasteiger partial charge in [-0.25, -0.2) is 4.79 Å². The predicted molar refractivity (Wildman–Crippen MR) is 55.6 cm³/mol. The first-order valence-corrected chi connectivity index (χ1v) is 5.23. The SMILES string of the molecule is CCC[C@@H]1O[C@@H]1C(=O)Oc1ccccc1. The fourth-order valence-electron chi connectivity index (χ4n) is 1.52. The molecule has 0 unspecified atom stereocenters. The first-order valence-electron chi connectivity index (χ1n) is 5.23. The highest BCUT2D eigenvalue weighted by Crippen LogP contribution is 2.28. The van der Waals surface area contributed by atoms with Gasteiger partial charge in [0.2, 0.25) is 0 Å². The Labute approximate surface area is 89.0 Å². The van der Waals surface area contributed by atoms with Crippen LogP contribution in [-0.4, -0.2) is 18.2 Å². The van der Waals surface area contributed by atoms with Crippen molar-refractivity contribution < 1.29 is 14.3 Å². The van der Waals surface area contributed by atoms with Gasteiger partial charge in [-0.15, -0.1) is 0 Å². The first-order chi connectivity index (χ1) is 7.31. The molecule has 3 heteroatoms. The van der Waals surface area contributed by atoms with Crippen LogP contribution >= 0.6 is 0 Å². The molecule has 0 bridgehead atoms. The minimum atomic E-state index is -0.342. The Morgan fingerprint density at radius 3 is 2.80 bits per heavy atom. The number of esters is 1. The Morgan fingerprint density at radius 1 is 1.40 bits per heavy atom. The van der Waals surface area contributed by atoms with Crippen molar-refractivity contribution >= 4 is 5.97 Å². The second-order valence-electron chi connectivity index (χ2n) is 3.62. The van der Waals surface area contributed by atoms with Crippen LogP contribution in [-0.2, 0) is 9.53 Å². The van der Waals surface area contributed by atoms with E-state index in [4.69, 9.17) is 9.47 Å². The number of benzene rings is 1. The maximum Gasteiger partial charge on any atom is 0.343 e. The molecule has 1 heterocycles. The zero-order chi connectivity index (χ0) is 10.7. The quantitative estimate of drug-likeness (QED) is 0.430. The Bertz CT molecular complexity index is 334. The number of hydrogen-bond donors (Lipinski definition) is 0. The molecule has 0 radical (unpaired) electrons. The number of carbonyl (C=O) groups is 1. The molecular formula is C12H14O3. The fraction of sp³-hybridized carbons (Fsp3) is 0.417. The molecule has 2 atom stereocenters. The molecule has 0 N–H and O–H groups in total. The predicted octanol–water partition coefficient (Wildman–Crippen LogP) is 2.16. The number of rotatable bonds is 4. The van der Waals surface area contributed by atoms with Crippen LogP contribution in [0, 0.1) is 0 Å². The minimum absolute atomic E-state index is 0.0752. The van der Waals surface area contributed by atoms with Crippen LogP contribution < -0.4 is 4.74 Å². The fourth-order valence-corrected chi connectivity index (χ4v) is 1.52. The highest BCUT2D eigenvalue weighted by molar-refractivity contribution is 5.80. The van der Waals surface area contributed by atoms with Crippen molar-refractivity contribution in [1.82, 2.24) is 0 Å². The summed E-state index contributed by atoms with van der Waals surface area (Å²) in [6.07, 6.45) is 1.69. The van der Waals surface area contributed by atoms with E-state index in [0.29, 0.717) is 5.75 Å². The van der Waals surface area contributed by atoms with Gasteiger partial charge >= 0.3 is 5.97 Å². The molecule has 80 valence electrons. The highest BCUT2D eigenvalue weighted by Gasteiger charge is 2.45. The molecule has 15 heavy (non-hydrogen) atoms. The van der Waals surface area contributed by atoms with Gasteiger partial charge in [-0.3, -0.25) is 0 Å². The molecule has 0 aliphatic carbocycles. The highest BCUT2D eigenvalue weighted by atomic mass is 16.6. The van der Waals surface area contributed by atoms with Gasteiger partial charge in [0.25, 0.3) is 0 Å². The molecule has 0 amide bonds. The van der Waals surface area contributed by atoms with Crippen LogP contribution in [0.1, 0.15) is 19.8 Å². The van der Waals surface area contributed by atoms with Gasteiger partial charge in [0.15, 0.2) is 6.10 Å². The van der Waals surface area contributed by atoms with Crippen molar-refractivity contribution in [3.05, 3.63) is 30.3 Å². The third-order valence-corrected chi connectivity index (χ3v) is 2.35. The van der Waals surface area contributed by atoms with E-state index in [1.165, 1.54) is 0 Å². The maximum absolute atomic E-state index is 11.5. The standard InChI is InChI=1S/C12H14O3/c1-2-6-10-11(15-10)12(13)14-9-7-4-3-5-8-9/h3-5,7-8,10-11H,2,6H2,1H3/t10-,11-/m0/s1. The van der Waals surface area contributed by atoms with Crippen molar-refractivity contribution in [2.24, 2.45) is 0 Å². The molecule has 1 fully saturated rings. The maximum atomic E-state index is 11.5. The van der Waals surface area contributed by atoms with Crippen LogP contribution in [0.25, 0.3) is 0 Å². The Balaban J connectivity index is 1.84. The molecule has 2 rings (SSSR count). The molecule has 1 aromatic carbocycles. The summed E-state index contributed by atoms with van der Waals surface area (Å²) in [5.41, 5.74) is 0. The van der Waals surface area contributed by atoms with Crippen molar-refractivity contribution in [1.29, 1.82) is 0 Å². The van der Waals surface area contributed by atoms with Gasteiger partial charge in [-0.1, -0.05) is 31.5 Å². The molecule has 3 nitrogen and oxygen atoms in total. The van der Waals surface area contributed by atoms with Crippen LogP contribution in [0.5, 0.6) is 5.75 Å². The zero-order valence-electron chi connectivity index (χ0n) is 8.68. The van der Waals surface area contributed by atoms with Gasteiger partial charge in [-0.2, -0.15) is 0 Å². The number of epoxide rings is 1. The average Bonchev–Trinajstić information content (AvgIpc) is 2.99. The summed E-state index contributed by atoms with van der Waals surface area (Å²) >= 11 is 0. The Kier molecular flexibility index (Phi) is 3.02. The average molecular weight is 206 g/mol. The lowest BCUT2D eigenvalue weighted by molar-refractivity contribution is -0.135. The van der Waals surface area contributed by atoms with Crippen LogP contribution in [0.4, 0.5) is 0 Å². The minimum Gasteiger partial charge on any atom is -0.425 e. The van der Waals surface area contributed by atoms with E-state index >= 15 is 0 Å². The third-order valence-electron chi connectivity index (χ3n) is 2.35. The summed E-state index contributed by atoms with van der Waals surface area (Å²) in [6, 6.07) is 9.06. The summed E-state index contributed by atoms with van der Waals surface area (Å²) in [5.74, 6) is 0.299. The number of carbonyl (C=O) groups excluding carboxylic acids is 1. The van der Waals surface area contributed by atoms with E-state index in [-0.39, 0.29) is 18.2 Å². The summed E-state index contributed by atoms with van der Waals surface area (Å²) in [7, 11) is 0. The smallest absolute Gasteiger partial charge is 0.343 e. The van der Waals surface area contributed by atoms with E-state index < -0.39 is 0 Å². The summed E-state index contributed by atoms with van der Waals surface area (Å²) in [6.45, 7) is 2.07. The van der Waals surface area contributed by atoms with E-state index in [1.54, 1.807) is 12.1 Å². The van der Waals surface area contributed by atoms with E-state index in [1.807, 2.05) is 18.2 Å². The van der Waals surface area contributed by atoms with Crippen molar-refractivity contribution in [3.8, 4) is 5.75 Å². The lowest BCUT2D eigenvalue weighted by Gasteiger charge is -2.00. The second-order valence-corrected chi connectivity index (χ2v) is 3.62. The van der Waals surface area contributed by atoms with Gasteiger partial charge in [-0.05, 0) is 18.6 Å². The van der Waals surface area contributed by atoms with Gasteiger partial charge < -0.3 is 9.47 Å². The first kappa shape index (κ1) is 10.2. The largest absolute Gasteiger partial charge is 0.425 e. The van der Waals surface area contributed by atoms with Crippen LogP contribution in [0.3, 0.4) is 0 Å². The van der Waals surface area contributed by atoms with Crippen molar-refractivity contribution in [2.75, 3.05) is 0 Å². The second kappa shape index (κ2) is 4.45.